The number of carbonyl (C=O) groups is 2. The molecule has 0 saturated heterocycles. The summed E-state index contributed by atoms with van der Waals surface area (Å²) in [7, 11) is 0. The number of hydrogen-bond donors (Lipinski definition) is 1. The summed E-state index contributed by atoms with van der Waals surface area (Å²) in [5, 5.41) is 3.53. The summed E-state index contributed by atoms with van der Waals surface area (Å²) in [5.41, 5.74) is 2.55. The molecule has 0 spiro atoms. The number of benzene rings is 3. The molecule has 1 N–H and O–H groups in total. The molecule has 0 aliphatic rings. The normalized spacial score (nSPS) is 11.7. The van der Waals surface area contributed by atoms with Gasteiger partial charge < -0.3 is 14.8 Å². The van der Waals surface area contributed by atoms with E-state index in [1.54, 1.807) is 43.3 Å². The summed E-state index contributed by atoms with van der Waals surface area (Å²) in [6, 6.07) is 22.0. The average Bonchev–Trinajstić information content (AvgIpc) is 3.28. The van der Waals surface area contributed by atoms with Gasteiger partial charge in [0.2, 0.25) is 0 Å². The molecule has 1 heterocycles. The predicted molar refractivity (Wildman–Crippen MR) is 131 cm³/mol. The quantitative estimate of drug-likeness (QED) is 0.330. The van der Waals surface area contributed by atoms with Crippen molar-refractivity contribution in [1.29, 1.82) is 0 Å². The Morgan fingerprint density at radius 1 is 0.970 bits per heavy atom. The van der Waals surface area contributed by atoms with Gasteiger partial charge in [0.25, 0.3) is 5.91 Å². The van der Waals surface area contributed by atoms with Gasteiger partial charge in [-0.15, -0.1) is 11.3 Å². The number of para-hydroxylation sites is 1. The second-order valence-corrected chi connectivity index (χ2v) is 8.31. The molecular weight excluding hydrogens is 436 g/mol. The minimum absolute atomic E-state index is 0.345. The number of aromatic nitrogens is 1. The standard InChI is InChI=1S/C26H24N2O4S/c1-3-22(24(29)27-17-13-15-18(16-14-17)31-4-2)32-26(30)20-10-6-5-9-19(20)25-28-21-11-7-8-12-23(21)33-25/h5-16,22H,3-4H2,1-2H3,(H,27,29). The van der Waals surface area contributed by atoms with Crippen LogP contribution in [0.4, 0.5) is 5.69 Å². The van der Waals surface area contributed by atoms with E-state index < -0.39 is 12.1 Å². The molecule has 3 aromatic carbocycles. The first-order valence-corrected chi connectivity index (χ1v) is 11.6. The molecule has 168 valence electrons. The molecule has 0 bridgehead atoms. The van der Waals surface area contributed by atoms with Gasteiger partial charge in [-0.1, -0.05) is 37.3 Å². The van der Waals surface area contributed by atoms with Gasteiger partial charge in [0.15, 0.2) is 6.10 Å². The lowest BCUT2D eigenvalue weighted by Crippen LogP contribution is -2.32. The molecule has 0 saturated carbocycles. The van der Waals surface area contributed by atoms with Crippen molar-refractivity contribution in [3.8, 4) is 16.3 Å². The Morgan fingerprint density at radius 2 is 1.70 bits per heavy atom. The third kappa shape index (κ3) is 5.21. The maximum atomic E-state index is 13.1. The van der Waals surface area contributed by atoms with E-state index in [1.807, 2.05) is 43.3 Å². The lowest BCUT2D eigenvalue weighted by Gasteiger charge is -2.17. The highest BCUT2D eigenvalue weighted by molar-refractivity contribution is 7.21. The highest BCUT2D eigenvalue weighted by Gasteiger charge is 2.24. The number of esters is 1. The lowest BCUT2D eigenvalue weighted by molar-refractivity contribution is -0.124. The van der Waals surface area contributed by atoms with Crippen LogP contribution < -0.4 is 10.1 Å². The number of rotatable bonds is 8. The molecule has 0 aliphatic carbocycles. The largest absolute Gasteiger partial charge is 0.494 e. The van der Waals surface area contributed by atoms with Crippen LogP contribution in [0, 0.1) is 0 Å². The van der Waals surface area contributed by atoms with Crippen molar-refractivity contribution in [3.05, 3.63) is 78.4 Å². The van der Waals surface area contributed by atoms with Crippen molar-refractivity contribution in [2.45, 2.75) is 26.4 Å². The minimum Gasteiger partial charge on any atom is -0.494 e. The molecular formula is C26H24N2O4S. The molecule has 1 unspecified atom stereocenters. The molecule has 0 aliphatic heterocycles. The summed E-state index contributed by atoms with van der Waals surface area (Å²) >= 11 is 1.51. The van der Waals surface area contributed by atoms with E-state index in [-0.39, 0.29) is 5.91 Å². The third-order valence-corrected chi connectivity index (χ3v) is 6.09. The first kappa shape index (κ1) is 22.5. The van der Waals surface area contributed by atoms with Crippen LogP contribution in [-0.4, -0.2) is 29.6 Å². The summed E-state index contributed by atoms with van der Waals surface area (Å²) in [6.45, 7) is 4.28. The van der Waals surface area contributed by atoms with E-state index in [0.717, 1.165) is 21.0 Å². The Kier molecular flexibility index (Phi) is 7.00. The number of fused-ring (bicyclic) bond motifs is 1. The Labute approximate surface area is 196 Å². The van der Waals surface area contributed by atoms with Crippen LogP contribution in [0.5, 0.6) is 5.75 Å². The van der Waals surface area contributed by atoms with Crippen molar-refractivity contribution in [1.82, 2.24) is 4.98 Å². The first-order valence-electron chi connectivity index (χ1n) is 10.8. The van der Waals surface area contributed by atoms with Gasteiger partial charge in [0, 0.05) is 11.3 Å². The Hall–Kier alpha value is -3.71. The highest BCUT2D eigenvalue weighted by atomic mass is 32.1. The number of thiazole rings is 1. The molecule has 0 fully saturated rings. The number of nitrogens with zero attached hydrogens (tertiary/aromatic N) is 1. The van der Waals surface area contributed by atoms with Gasteiger partial charge in [0.05, 0.1) is 22.4 Å². The zero-order chi connectivity index (χ0) is 23.2. The minimum atomic E-state index is -0.924. The van der Waals surface area contributed by atoms with Gasteiger partial charge in [-0.2, -0.15) is 0 Å². The van der Waals surface area contributed by atoms with Crippen molar-refractivity contribution in [2.24, 2.45) is 0 Å². The zero-order valence-electron chi connectivity index (χ0n) is 18.4. The zero-order valence-corrected chi connectivity index (χ0v) is 19.2. The molecule has 4 aromatic rings. The van der Waals surface area contributed by atoms with Crippen molar-refractivity contribution in [2.75, 3.05) is 11.9 Å². The Morgan fingerprint density at radius 3 is 2.42 bits per heavy atom. The smallest absolute Gasteiger partial charge is 0.339 e. The van der Waals surface area contributed by atoms with Gasteiger partial charge in [-0.25, -0.2) is 9.78 Å². The van der Waals surface area contributed by atoms with Crippen LogP contribution in [0.1, 0.15) is 30.6 Å². The van der Waals surface area contributed by atoms with Gasteiger partial charge >= 0.3 is 5.97 Å². The topological polar surface area (TPSA) is 77.5 Å². The van der Waals surface area contributed by atoms with E-state index in [0.29, 0.717) is 29.8 Å². The van der Waals surface area contributed by atoms with Crippen LogP contribution in [-0.2, 0) is 9.53 Å². The number of anilines is 1. The number of ether oxygens (including phenoxy) is 2. The second kappa shape index (κ2) is 10.3. The maximum Gasteiger partial charge on any atom is 0.339 e. The molecule has 33 heavy (non-hydrogen) atoms. The number of hydrogen-bond acceptors (Lipinski definition) is 6. The molecule has 1 amide bonds. The third-order valence-electron chi connectivity index (χ3n) is 5.02. The molecule has 4 rings (SSSR count). The first-order chi connectivity index (χ1) is 16.1. The summed E-state index contributed by atoms with van der Waals surface area (Å²) in [5.74, 6) is -0.216. The fraction of sp³-hybridized carbons (Fsp3) is 0.192. The van der Waals surface area contributed by atoms with Crippen LogP contribution >= 0.6 is 11.3 Å². The van der Waals surface area contributed by atoms with Crippen molar-refractivity contribution in [3.63, 3.8) is 0 Å². The van der Waals surface area contributed by atoms with Crippen LogP contribution in [0.15, 0.2) is 72.8 Å². The highest BCUT2D eigenvalue weighted by Crippen LogP contribution is 2.32. The second-order valence-electron chi connectivity index (χ2n) is 7.28. The van der Waals surface area contributed by atoms with Crippen LogP contribution in [0.2, 0.25) is 0 Å². The molecule has 6 nitrogen and oxygen atoms in total. The summed E-state index contributed by atoms with van der Waals surface area (Å²) in [4.78, 5) is 30.5. The lowest BCUT2D eigenvalue weighted by atomic mass is 10.1. The molecule has 1 aromatic heterocycles. The Balaban J connectivity index is 1.50. The molecule has 1 atom stereocenters. The maximum absolute atomic E-state index is 13.1. The summed E-state index contributed by atoms with van der Waals surface area (Å²) in [6.07, 6.45) is -0.578. The van der Waals surface area contributed by atoms with Gasteiger partial charge in [0.1, 0.15) is 10.8 Å². The average molecular weight is 461 g/mol. The van der Waals surface area contributed by atoms with Crippen LogP contribution in [0.3, 0.4) is 0 Å². The Bertz CT molecular complexity index is 1230. The van der Waals surface area contributed by atoms with Crippen molar-refractivity contribution >= 4 is 39.1 Å². The van der Waals surface area contributed by atoms with Gasteiger partial charge in [-0.3, -0.25) is 4.79 Å². The van der Waals surface area contributed by atoms with Crippen molar-refractivity contribution < 1.29 is 19.1 Å². The molecule has 0 radical (unpaired) electrons. The van der Waals surface area contributed by atoms with E-state index in [1.165, 1.54) is 11.3 Å². The van der Waals surface area contributed by atoms with E-state index >= 15 is 0 Å². The fourth-order valence-corrected chi connectivity index (χ4v) is 4.38. The number of amides is 1. The van der Waals surface area contributed by atoms with Gasteiger partial charge in [-0.05, 0) is 55.8 Å². The SMILES string of the molecule is CCOc1ccc(NC(=O)C(CC)OC(=O)c2ccccc2-c2nc3ccccc3s2)cc1. The van der Waals surface area contributed by atoms with E-state index in [2.05, 4.69) is 10.3 Å². The molecule has 7 heteroatoms. The summed E-state index contributed by atoms with van der Waals surface area (Å²) < 4.78 is 12.1. The van der Waals surface area contributed by atoms with E-state index in [9.17, 15) is 9.59 Å². The fourth-order valence-electron chi connectivity index (χ4n) is 3.37. The monoisotopic (exact) mass is 460 g/mol. The number of carbonyl (C=O) groups excluding carboxylic acids is 2. The predicted octanol–water partition coefficient (Wildman–Crippen LogP) is 5.94. The number of nitrogens with one attached hydrogen (secondary N) is 1. The van der Waals surface area contributed by atoms with Crippen LogP contribution in [0.25, 0.3) is 20.8 Å². The van der Waals surface area contributed by atoms with E-state index in [4.69, 9.17) is 9.47 Å².